The quantitative estimate of drug-likeness (QED) is 0.720. The van der Waals surface area contributed by atoms with Crippen molar-refractivity contribution >= 4 is 0 Å². The summed E-state index contributed by atoms with van der Waals surface area (Å²) in [5.41, 5.74) is 7.44. The zero-order valence-corrected chi connectivity index (χ0v) is 12.5. The summed E-state index contributed by atoms with van der Waals surface area (Å²) in [4.78, 5) is 0. The SMILES string of the molecule is COCCC(C)(C)CNCC(CN)c1ccccc1. The van der Waals surface area contributed by atoms with Crippen molar-refractivity contribution in [2.24, 2.45) is 11.1 Å². The highest BCUT2D eigenvalue weighted by Crippen LogP contribution is 2.19. The fourth-order valence-corrected chi connectivity index (χ4v) is 2.11. The van der Waals surface area contributed by atoms with Crippen molar-refractivity contribution in [1.29, 1.82) is 0 Å². The van der Waals surface area contributed by atoms with Crippen molar-refractivity contribution in [3.8, 4) is 0 Å². The van der Waals surface area contributed by atoms with Crippen LogP contribution in [0.3, 0.4) is 0 Å². The lowest BCUT2D eigenvalue weighted by molar-refractivity contribution is 0.150. The van der Waals surface area contributed by atoms with Gasteiger partial charge in [0.2, 0.25) is 0 Å². The first-order valence-electron chi connectivity index (χ1n) is 7.04. The Labute approximate surface area is 117 Å². The van der Waals surface area contributed by atoms with Crippen LogP contribution in [0.1, 0.15) is 31.7 Å². The van der Waals surface area contributed by atoms with Gasteiger partial charge in [0.25, 0.3) is 0 Å². The summed E-state index contributed by atoms with van der Waals surface area (Å²) in [6.07, 6.45) is 1.06. The predicted molar refractivity (Wildman–Crippen MR) is 81.4 cm³/mol. The van der Waals surface area contributed by atoms with E-state index in [1.807, 2.05) is 6.07 Å². The Morgan fingerprint density at radius 2 is 1.95 bits per heavy atom. The molecule has 19 heavy (non-hydrogen) atoms. The Kier molecular flexibility index (Phi) is 7.06. The Morgan fingerprint density at radius 1 is 1.26 bits per heavy atom. The van der Waals surface area contributed by atoms with Crippen LogP contribution in [-0.4, -0.2) is 33.4 Å². The minimum atomic E-state index is 0.256. The molecule has 0 radical (unpaired) electrons. The average Bonchev–Trinajstić information content (AvgIpc) is 2.42. The summed E-state index contributed by atoms with van der Waals surface area (Å²) in [7, 11) is 1.75. The van der Waals surface area contributed by atoms with Gasteiger partial charge in [-0.25, -0.2) is 0 Å². The van der Waals surface area contributed by atoms with Gasteiger partial charge < -0.3 is 15.8 Å². The molecule has 1 rings (SSSR count). The molecule has 0 aliphatic heterocycles. The van der Waals surface area contributed by atoms with Crippen LogP contribution in [0.5, 0.6) is 0 Å². The van der Waals surface area contributed by atoms with E-state index < -0.39 is 0 Å². The highest BCUT2D eigenvalue weighted by molar-refractivity contribution is 5.20. The highest BCUT2D eigenvalue weighted by Gasteiger charge is 2.18. The van der Waals surface area contributed by atoms with E-state index in [-0.39, 0.29) is 5.41 Å². The number of hydrogen-bond acceptors (Lipinski definition) is 3. The van der Waals surface area contributed by atoms with Gasteiger partial charge in [0.15, 0.2) is 0 Å². The van der Waals surface area contributed by atoms with Gasteiger partial charge in [-0.05, 0) is 17.4 Å². The molecule has 0 saturated carbocycles. The summed E-state index contributed by atoms with van der Waals surface area (Å²) in [5, 5.41) is 3.55. The minimum Gasteiger partial charge on any atom is -0.385 e. The molecular weight excluding hydrogens is 236 g/mol. The fourth-order valence-electron chi connectivity index (χ4n) is 2.11. The van der Waals surface area contributed by atoms with Gasteiger partial charge in [-0.15, -0.1) is 0 Å². The summed E-state index contributed by atoms with van der Waals surface area (Å²) in [6.45, 7) is 7.93. The predicted octanol–water partition coefficient (Wildman–Crippen LogP) is 2.38. The summed E-state index contributed by atoms with van der Waals surface area (Å²) in [6, 6.07) is 10.5. The van der Waals surface area contributed by atoms with Crippen molar-refractivity contribution in [3.63, 3.8) is 0 Å². The lowest BCUT2D eigenvalue weighted by Gasteiger charge is -2.26. The molecule has 3 heteroatoms. The van der Waals surface area contributed by atoms with Crippen LogP contribution >= 0.6 is 0 Å². The second kappa shape index (κ2) is 8.31. The molecule has 1 aromatic rings. The molecule has 1 aromatic carbocycles. The van der Waals surface area contributed by atoms with Gasteiger partial charge >= 0.3 is 0 Å². The first-order chi connectivity index (χ1) is 9.09. The summed E-state index contributed by atoms with van der Waals surface area (Å²) >= 11 is 0. The van der Waals surface area contributed by atoms with E-state index in [1.165, 1.54) is 5.56 Å². The number of ether oxygens (including phenoxy) is 1. The van der Waals surface area contributed by atoms with Crippen LogP contribution in [0.4, 0.5) is 0 Å². The van der Waals surface area contributed by atoms with Gasteiger partial charge in [0.05, 0.1) is 0 Å². The lowest BCUT2D eigenvalue weighted by Crippen LogP contribution is -2.34. The molecule has 0 fully saturated rings. The molecule has 0 saturated heterocycles. The van der Waals surface area contributed by atoms with E-state index in [0.717, 1.165) is 26.1 Å². The van der Waals surface area contributed by atoms with E-state index >= 15 is 0 Å². The van der Waals surface area contributed by atoms with Crippen molar-refractivity contribution < 1.29 is 4.74 Å². The summed E-state index contributed by atoms with van der Waals surface area (Å²) in [5.74, 6) is 0.388. The van der Waals surface area contributed by atoms with Crippen molar-refractivity contribution in [1.82, 2.24) is 5.32 Å². The molecule has 0 bridgehead atoms. The topological polar surface area (TPSA) is 47.3 Å². The van der Waals surface area contributed by atoms with Crippen LogP contribution in [0.2, 0.25) is 0 Å². The molecule has 0 aromatic heterocycles. The number of nitrogens with one attached hydrogen (secondary N) is 1. The van der Waals surface area contributed by atoms with Crippen LogP contribution in [-0.2, 0) is 4.74 Å². The van der Waals surface area contributed by atoms with Gasteiger partial charge in [-0.1, -0.05) is 44.2 Å². The first-order valence-corrected chi connectivity index (χ1v) is 7.04. The highest BCUT2D eigenvalue weighted by atomic mass is 16.5. The van der Waals surface area contributed by atoms with E-state index in [4.69, 9.17) is 10.5 Å². The average molecular weight is 264 g/mol. The van der Waals surface area contributed by atoms with Crippen LogP contribution in [0.25, 0.3) is 0 Å². The van der Waals surface area contributed by atoms with Crippen molar-refractivity contribution in [3.05, 3.63) is 35.9 Å². The Bertz CT molecular complexity index is 338. The number of hydrogen-bond donors (Lipinski definition) is 2. The third-order valence-corrected chi connectivity index (χ3v) is 3.53. The first kappa shape index (κ1) is 16.2. The van der Waals surface area contributed by atoms with Gasteiger partial charge in [0, 0.05) is 39.3 Å². The zero-order valence-electron chi connectivity index (χ0n) is 12.5. The monoisotopic (exact) mass is 264 g/mol. The van der Waals surface area contributed by atoms with Gasteiger partial charge in [-0.3, -0.25) is 0 Å². The Morgan fingerprint density at radius 3 is 2.53 bits per heavy atom. The second-order valence-corrected chi connectivity index (χ2v) is 5.88. The molecule has 3 N–H and O–H groups in total. The lowest BCUT2D eigenvalue weighted by atomic mass is 9.89. The molecular formula is C16H28N2O. The fraction of sp³-hybridized carbons (Fsp3) is 0.625. The molecule has 108 valence electrons. The maximum absolute atomic E-state index is 5.87. The van der Waals surface area contributed by atoms with Crippen molar-refractivity contribution in [2.45, 2.75) is 26.2 Å². The number of methoxy groups -OCH3 is 1. The molecule has 1 atom stereocenters. The van der Waals surface area contributed by atoms with E-state index in [0.29, 0.717) is 12.5 Å². The maximum atomic E-state index is 5.87. The minimum absolute atomic E-state index is 0.256. The normalized spacial score (nSPS) is 13.5. The van der Waals surface area contributed by atoms with Crippen LogP contribution < -0.4 is 11.1 Å². The number of nitrogens with two attached hydrogens (primary N) is 1. The largest absolute Gasteiger partial charge is 0.385 e. The molecule has 3 nitrogen and oxygen atoms in total. The third-order valence-electron chi connectivity index (χ3n) is 3.53. The second-order valence-electron chi connectivity index (χ2n) is 5.88. The molecule has 1 unspecified atom stereocenters. The Hall–Kier alpha value is -0.900. The molecule has 0 aliphatic carbocycles. The van der Waals surface area contributed by atoms with Crippen LogP contribution in [0, 0.1) is 5.41 Å². The molecule has 0 heterocycles. The van der Waals surface area contributed by atoms with Crippen molar-refractivity contribution in [2.75, 3.05) is 33.4 Å². The van der Waals surface area contributed by atoms with E-state index in [9.17, 15) is 0 Å². The van der Waals surface area contributed by atoms with Gasteiger partial charge in [0.1, 0.15) is 0 Å². The standard InChI is InChI=1S/C16H28N2O/c1-16(2,9-10-19-3)13-18-12-15(11-17)14-7-5-4-6-8-14/h4-8,15,18H,9-13,17H2,1-3H3. The molecule has 0 amide bonds. The maximum Gasteiger partial charge on any atom is 0.0467 e. The van der Waals surface area contributed by atoms with E-state index in [1.54, 1.807) is 7.11 Å². The van der Waals surface area contributed by atoms with Gasteiger partial charge in [-0.2, -0.15) is 0 Å². The number of rotatable bonds is 9. The summed E-state index contributed by atoms with van der Waals surface area (Å²) < 4.78 is 5.15. The van der Waals surface area contributed by atoms with E-state index in [2.05, 4.69) is 43.4 Å². The zero-order chi connectivity index (χ0) is 14.1. The third kappa shape index (κ3) is 6.19. The van der Waals surface area contributed by atoms with Crippen LogP contribution in [0.15, 0.2) is 30.3 Å². The smallest absolute Gasteiger partial charge is 0.0467 e. The molecule has 0 aliphatic rings. The Balaban J connectivity index is 2.38. The number of benzene rings is 1. The molecule has 0 spiro atoms.